The Morgan fingerprint density at radius 2 is 2.16 bits per heavy atom. The van der Waals surface area contributed by atoms with Crippen LogP contribution in [0.15, 0.2) is 22.7 Å². The molecule has 1 aliphatic carbocycles. The molecule has 1 N–H and O–H groups in total. The Labute approximate surface area is 125 Å². The molecule has 0 unspecified atom stereocenters. The maximum absolute atomic E-state index is 13.7. The van der Waals surface area contributed by atoms with Gasteiger partial charge in [-0.3, -0.25) is 4.79 Å². The van der Waals surface area contributed by atoms with Crippen molar-refractivity contribution in [2.75, 3.05) is 12.8 Å². The van der Waals surface area contributed by atoms with Gasteiger partial charge in [0.1, 0.15) is 5.82 Å². The lowest BCUT2D eigenvalue weighted by atomic mass is 10.1. The number of hydrogen-bond donors (Lipinski definition) is 1. The fourth-order valence-electron chi connectivity index (χ4n) is 2.48. The van der Waals surface area contributed by atoms with E-state index < -0.39 is 5.82 Å². The quantitative estimate of drug-likeness (QED) is 0.893. The van der Waals surface area contributed by atoms with E-state index in [1.165, 1.54) is 25.0 Å². The van der Waals surface area contributed by atoms with E-state index >= 15 is 0 Å². The van der Waals surface area contributed by atoms with Crippen LogP contribution < -0.4 is 5.32 Å². The maximum atomic E-state index is 13.7. The summed E-state index contributed by atoms with van der Waals surface area (Å²) in [6.45, 7) is 0.614. The molecule has 5 heteroatoms. The SMILES string of the molecule is CSC1(CNC(=O)c2ccc(Br)cc2F)CCCC1. The number of halogens is 2. The Balaban J connectivity index is 2.01. The van der Waals surface area contributed by atoms with E-state index in [-0.39, 0.29) is 16.2 Å². The molecule has 0 radical (unpaired) electrons. The van der Waals surface area contributed by atoms with Gasteiger partial charge in [0.15, 0.2) is 0 Å². The van der Waals surface area contributed by atoms with Crippen LogP contribution in [0.3, 0.4) is 0 Å². The highest BCUT2D eigenvalue weighted by Crippen LogP contribution is 2.39. The highest BCUT2D eigenvalue weighted by Gasteiger charge is 2.33. The first-order valence-electron chi connectivity index (χ1n) is 6.35. The Morgan fingerprint density at radius 1 is 1.47 bits per heavy atom. The van der Waals surface area contributed by atoms with Crippen LogP contribution in [0.4, 0.5) is 4.39 Å². The van der Waals surface area contributed by atoms with E-state index in [1.807, 2.05) is 11.8 Å². The fraction of sp³-hybridized carbons (Fsp3) is 0.500. The van der Waals surface area contributed by atoms with Gasteiger partial charge in [-0.2, -0.15) is 11.8 Å². The highest BCUT2D eigenvalue weighted by molar-refractivity contribution is 9.10. The molecule has 0 aromatic heterocycles. The molecule has 0 heterocycles. The summed E-state index contributed by atoms with van der Waals surface area (Å²) in [6, 6.07) is 4.50. The first kappa shape index (κ1) is 14.9. The van der Waals surface area contributed by atoms with Gasteiger partial charge in [-0.05, 0) is 37.3 Å². The monoisotopic (exact) mass is 345 g/mol. The minimum Gasteiger partial charge on any atom is -0.351 e. The third-order valence-electron chi connectivity index (χ3n) is 3.69. The summed E-state index contributed by atoms with van der Waals surface area (Å²) in [5.74, 6) is -0.818. The van der Waals surface area contributed by atoms with Crippen molar-refractivity contribution in [1.82, 2.24) is 5.32 Å². The zero-order chi connectivity index (χ0) is 13.9. The van der Waals surface area contributed by atoms with Gasteiger partial charge in [0.2, 0.25) is 0 Å². The Kier molecular flexibility index (Phi) is 4.90. The van der Waals surface area contributed by atoms with E-state index in [1.54, 1.807) is 6.07 Å². The number of amides is 1. The minimum absolute atomic E-state index is 0.109. The summed E-state index contributed by atoms with van der Waals surface area (Å²) in [5.41, 5.74) is 0.109. The van der Waals surface area contributed by atoms with Crippen molar-refractivity contribution < 1.29 is 9.18 Å². The van der Waals surface area contributed by atoms with Gasteiger partial charge in [0.25, 0.3) is 5.91 Å². The third kappa shape index (κ3) is 3.51. The topological polar surface area (TPSA) is 29.1 Å². The van der Waals surface area contributed by atoms with Crippen LogP contribution in [-0.2, 0) is 0 Å². The molecule has 1 fully saturated rings. The molecular formula is C14H17BrFNOS. The number of thioether (sulfide) groups is 1. The molecule has 1 amide bonds. The summed E-state index contributed by atoms with van der Waals surface area (Å²) in [5, 5.41) is 2.88. The van der Waals surface area contributed by atoms with Gasteiger partial charge >= 0.3 is 0 Å². The lowest BCUT2D eigenvalue weighted by molar-refractivity contribution is 0.0945. The zero-order valence-electron chi connectivity index (χ0n) is 10.8. The van der Waals surface area contributed by atoms with Gasteiger partial charge < -0.3 is 5.32 Å². The first-order chi connectivity index (χ1) is 9.06. The van der Waals surface area contributed by atoms with Crippen molar-refractivity contribution in [2.24, 2.45) is 0 Å². The standard InChI is InChI=1S/C14H17BrFNOS/c1-19-14(6-2-3-7-14)9-17-13(18)11-5-4-10(15)8-12(11)16/h4-5,8H,2-3,6-7,9H2,1H3,(H,17,18). The van der Waals surface area contributed by atoms with Gasteiger partial charge in [-0.15, -0.1) is 0 Å². The van der Waals surface area contributed by atoms with Crippen molar-refractivity contribution in [2.45, 2.75) is 30.4 Å². The molecule has 0 atom stereocenters. The number of rotatable bonds is 4. The van der Waals surface area contributed by atoms with E-state index in [0.29, 0.717) is 11.0 Å². The molecule has 0 spiro atoms. The normalized spacial score (nSPS) is 17.4. The molecule has 1 aromatic carbocycles. The van der Waals surface area contributed by atoms with Gasteiger partial charge in [-0.1, -0.05) is 28.8 Å². The summed E-state index contributed by atoms with van der Waals surface area (Å²) in [7, 11) is 0. The number of carbonyl (C=O) groups excluding carboxylic acids is 1. The molecule has 104 valence electrons. The van der Waals surface area contributed by atoms with Crippen molar-refractivity contribution in [3.63, 3.8) is 0 Å². The molecule has 1 aliphatic rings. The van der Waals surface area contributed by atoms with E-state index in [4.69, 9.17) is 0 Å². The second kappa shape index (κ2) is 6.27. The summed E-state index contributed by atoms with van der Waals surface area (Å²) in [6.07, 6.45) is 6.75. The Morgan fingerprint density at radius 3 is 2.74 bits per heavy atom. The lowest BCUT2D eigenvalue weighted by Gasteiger charge is -2.26. The summed E-state index contributed by atoms with van der Waals surface area (Å²) < 4.78 is 14.5. The van der Waals surface area contributed by atoms with Crippen molar-refractivity contribution in [3.05, 3.63) is 34.1 Å². The largest absolute Gasteiger partial charge is 0.351 e. The van der Waals surface area contributed by atoms with Crippen LogP contribution in [-0.4, -0.2) is 23.5 Å². The molecule has 1 saturated carbocycles. The predicted octanol–water partition coefficient (Wildman–Crippen LogP) is 3.99. The Bertz CT molecular complexity index is 475. The molecule has 19 heavy (non-hydrogen) atoms. The van der Waals surface area contributed by atoms with E-state index in [9.17, 15) is 9.18 Å². The number of nitrogens with one attached hydrogen (secondary N) is 1. The van der Waals surface area contributed by atoms with Crippen LogP contribution in [0.25, 0.3) is 0 Å². The fourth-order valence-corrected chi connectivity index (χ4v) is 3.73. The molecule has 1 aromatic rings. The number of hydrogen-bond acceptors (Lipinski definition) is 2. The van der Waals surface area contributed by atoms with Crippen LogP contribution in [0.1, 0.15) is 36.0 Å². The smallest absolute Gasteiger partial charge is 0.254 e. The van der Waals surface area contributed by atoms with Crippen molar-refractivity contribution in [1.29, 1.82) is 0 Å². The van der Waals surface area contributed by atoms with Gasteiger partial charge in [0, 0.05) is 15.8 Å². The highest BCUT2D eigenvalue weighted by atomic mass is 79.9. The molecule has 0 saturated heterocycles. The van der Waals surface area contributed by atoms with Crippen LogP contribution in [0.2, 0.25) is 0 Å². The molecule has 0 aliphatic heterocycles. The summed E-state index contributed by atoms with van der Waals surface area (Å²) in [4.78, 5) is 12.0. The first-order valence-corrected chi connectivity index (χ1v) is 8.36. The minimum atomic E-state index is -0.489. The molecule has 2 rings (SSSR count). The maximum Gasteiger partial charge on any atom is 0.254 e. The van der Waals surface area contributed by atoms with Crippen molar-refractivity contribution >= 4 is 33.6 Å². The third-order valence-corrected chi connectivity index (χ3v) is 5.61. The Hall–Kier alpha value is -0.550. The molecule has 0 bridgehead atoms. The summed E-state index contributed by atoms with van der Waals surface area (Å²) >= 11 is 4.99. The van der Waals surface area contributed by atoms with Gasteiger partial charge in [0.05, 0.1) is 5.56 Å². The van der Waals surface area contributed by atoms with Crippen molar-refractivity contribution in [3.8, 4) is 0 Å². The molecule has 2 nitrogen and oxygen atoms in total. The predicted molar refractivity (Wildman–Crippen MR) is 81.1 cm³/mol. The van der Waals surface area contributed by atoms with Crippen LogP contribution in [0, 0.1) is 5.82 Å². The molecular weight excluding hydrogens is 329 g/mol. The van der Waals surface area contributed by atoms with Crippen LogP contribution in [0.5, 0.6) is 0 Å². The van der Waals surface area contributed by atoms with Crippen LogP contribution >= 0.6 is 27.7 Å². The average Bonchev–Trinajstić information content (AvgIpc) is 2.85. The van der Waals surface area contributed by atoms with E-state index in [0.717, 1.165) is 12.8 Å². The van der Waals surface area contributed by atoms with E-state index in [2.05, 4.69) is 27.5 Å². The number of benzene rings is 1. The van der Waals surface area contributed by atoms with Gasteiger partial charge in [-0.25, -0.2) is 4.39 Å². The second-order valence-corrected chi connectivity index (χ2v) is 7.09. The zero-order valence-corrected chi connectivity index (χ0v) is 13.2. The lowest BCUT2D eigenvalue weighted by Crippen LogP contribution is -2.38. The average molecular weight is 346 g/mol. The second-order valence-electron chi connectivity index (χ2n) is 4.90. The number of carbonyl (C=O) groups is 1.